The Balaban J connectivity index is 2.99. The Morgan fingerprint density at radius 1 is 1.42 bits per heavy atom. The zero-order valence-corrected chi connectivity index (χ0v) is 10.8. The van der Waals surface area contributed by atoms with Gasteiger partial charge in [-0.05, 0) is 19.4 Å². The van der Waals surface area contributed by atoms with Gasteiger partial charge in [-0.25, -0.2) is 0 Å². The molecular formula is C13H16F3NO2. The van der Waals surface area contributed by atoms with Crippen LogP contribution in [-0.2, 0) is 0 Å². The van der Waals surface area contributed by atoms with Crippen molar-refractivity contribution in [3.63, 3.8) is 0 Å². The number of benzene rings is 1. The summed E-state index contributed by atoms with van der Waals surface area (Å²) in [5, 5.41) is 0. The lowest BCUT2D eigenvalue weighted by Gasteiger charge is -2.17. The van der Waals surface area contributed by atoms with Crippen LogP contribution >= 0.6 is 0 Å². The lowest BCUT2D eigenvalue weighted by molar-refractivity contribution is -0.274. The molecule has 0 heterocycles. The number of ether oxygens (including phenoxy) is 2. The van der Waals surface area contributed by atoms with Gasteiger partial charge < -0.3 is 15.2 Å². The van der Waals surface area contributed by atoms with E-state index < -0.39 is 6.36 Å². The highest BCUT2D eigenvalue weighted by molar-refractivity contribution is 5.42. The second-order valence-electron chi connectivity index (χ2n) is 4.22. The lowest BCUT2D eigenvalue weighted by atomic mass is 10.00. The third-order valence-corrected chi connectivity index (χ3v) is 2.41. The molecule has 19 heavy (non-hydrogen) atoms. The highest BCUT2D eigenvalue weighted by Gasteiger charge is 2.31. The number of hydrogen-bond donors (Lipinski definition) is 1. The molecule has 0 aliphatic carbocycles. The normalized spacial score (nSPS) is 12.9. The first-order chi connectivity index (χ1) is 8.73. The van der Waals surface area contributed by atoms with Gasteiger partial charge in [-0.3, -0.25) is 0 Å². The largest absolute Gasteiger partial charge is 0.573 e. The number of nitrogens with two attached hydrogens (primary N) is 1. The molecule has 1 rings (SSSR count). The molecule has 1 aromatic carbocycles. The minimum Gasteiger partial charge on any atom is -0.496 e. The van der Waals surface area contributed by atoms with E-state index >= 15 is 0 Å². The molecule has 3 nitrogen and oxygen atoms in total. The summed E-state index contributed by atoms with van der Waals surface area (Å²) in [6.07, 6.45) is -4.21. The predicted molar refractivity (Wildman–Crippen MR) is 66.0 cm³/mol. The molecule has 0 fully saturated rings. The van der Waals surface area contributed by atoms with Gasteiger partial charge in [0.15, 0.2) is 0 Å². The average Bonchev–Trinajstić information content (AvgIpc) is 2.25. The third kappa shape index (κ3) is 4.82. The minimum absolute atomic E-state index is 0.260. The van der Waals surface area contributed by atoms with E-state index in [0.29, 0.717) is 12.0 Å². The van der Waals surface area contributed by atoms with Crippen LogP contribution in [0.15, 0.2) is 30.4 Å². The summed E-state index contributed by atoms with van der Waals surface area (Å²) in [5.41, 5.74) is 7.44. The molecule has 6 heteroatoms. The van der Waals surface area contributed by atoms with Crippen LogP contribution in [0, 0.1) is 0 Å². The van der Waals surface area contributed by atoms with Crippen molar-refractivity contribution >= 4 is 0 Å². The number of hydrogen-bond acceptors (Lipinski definition) is 3. The molecule has 0 aliphatic rings. The van der Waals surface area contributed by atoms with Gasteiger partial charge in [-0.1, -0.05) is 11.6 Å². The molecule has 0 bridgehead atoms. The Bertz CT molecular complexity index is 458. The van der Waals surface area contributed by atoms with Crippen LogP contribution in [0.5, 0.6) is 11.5 Å². The molecule has 0 spiro atoms. The molecule has 0 amide bonds. The van der Waals surface area contributed by atoms with Crippen LogP contribution in [-0.4, -0.2) is 13.5 Å². The van der Waals surface area contributed by atoms with Crippen LogP contribution < -0.4 is 15.2 Å². The average molecular weight is 275 g/mol. The number of methoxy groups -OCH3 is 1. The van der Waals surface area contributed by atoms with Crippen LogP contribution in [0.4, 0.5) is 13.2 Å². The van der Waals surface area contributed by atoms with Crippen LogP contribution in [0.1, 0.15) is 24.9 Å². The first-order valence-corrected chi connectivity index (χ1v) is 5.56. The quantitative estimate of drug-likeness (QED) is 0.836. The van der Waals surface area contributed by atoms with Gasteiger partial charge in [0.2, 0.25) is 0 Å². The number of rotatable bonds is 5. The molecule has 1 aromatic rings. The highest BCUT2D eigenvalue weighted by Crippen LogP contribution is 2.33. The van der Waals surface area contributed by atoms with Crippen LogP contribution in [0.25, 0.3) is 0 Å². The molecule has 106 valence electrons. The second-order valence-corrected chi connectivity index (χ2v) is 4.22. The molecular weight excluding hydrogens is 259 g/mol. The molecule has 0 unspecified atom stereocenters. The molecule has 0 saturated carbocycles. The van der Waals surface area contributed by atoms with Gasteiger partial charge in [0.25, 0.3) is 0 Å². The minimum atomic E-state index is -4.73. The van der Waals surface area contributed by atoms with E-state index in [-0.39, 0.29) is 17.5 Å². The number of halogens is 3. The lowest BCUT2D eigenvalue weighted by Crippen LogP contribution is -2.17. The summed E-state index contributed by atoms with van der Waals surface area (Å²) in [7, 11) is 1.36. The third-order valence-electron chi connectivity index (χ3n) is 2.41. The first kappa shape index (κ1) is 15.4. The van der Waals surface area contributed by atoms with Crippen molar-refractivity contribution in [3.05, 3.63) is 35.9 Å². The molecule has 0 radical (unpaired) electrons. The van der Waals surface area contributed by atoms with E-state index in [1.165, 1.54) is 25.3 Å². The monoisotopic (exact) mass is 275 g/mol. The first-order valence-electron chi connectivity index (χ1n) is 5.56. The van der Waals surface area contributed by atoms with E-state index in [1.807, 2.05) is 6.92 Å². The van der Waals surface area contributed by atoms with E-state index in [0.717, 1.165) is 5.57 Å². The van der Waals surface area contributed by atoms with E-state index in [2.05, 4.69) is 11.3 Å². The Kier molecular flexibility index (Phi) is 4.83. The topological polar surface area (TPSA) is 44.5 Å². The molecule has 0 saturated heterocycles. The van der Waals surface area contributed by atoms with Crippen molar-refractivity contribution in [2.24, 2.45) is 5.73 Å². The second kappa shape index (κ2) is 5.97. The van der Waals surface area contributed by atoms with Gasteiger partial charge in [0, 0.05) is 17.7 Å². The summed E-state index contributed by atoms with van der Waals surface area (Å²) in [6.45, 7) is 5.57. The van der Waals surface area contributed by atoms with Crippen LogP contribution in [0.3, 0.4) is 0 Å². The summed E-state index contributed by atoms with van der Waals surface area (Å²) >= 11 is 0. The smallest absolute Gasteiger partial charge is 0.496 e. The van der Waals surface area contributed by atoms with Gasteiger partial charge in [-0.2, -0.15) is 0 Å². The standard InChI is InChI=1S/C13H16F3NO2/c1-8(2)6-11(17)10-5-4-9(7-12(10)18-3)19-13(14,15)16/h4-5,7,11H,1,6,17H2,2-3H3/t11-/m0/s1. The Labute approximate surface area is 109 Å². The van der Waals surface area contributed by atoms with Gasteiger partial charge in [-0.15, -0.1) is 19.8 Å². The van der Waals surface area contributed by atoms with E-state index in [9.17, 15) is 13.2 Å². The van der Waals surface area contributed by atoms with Crippen molar-refractivity contribution in [2.75, 3.05) is 7.11 Å². The van der Waals surface area contributed by atoms with E-state index in [4.69, 9.17) is 10.5 Å². The SMILES string of the molecule is C=C(C)C[C@H](N)c1ccc(OC(F)(F)F)cc1OC. The summed E-state index contributed by atoms with van der Waals surface area (Å²) in [5.74, 6) is -0.0777. The summed E-state index contributed by atoms with van der Waals surface area (Å²) in [4.78, 5) is 0. The maximum atomic E-state index is 12.1. The van der Waals surface area contributed by atoms with Crippen LogP contribution in [0.2, 0.25) is 0 Å². The van der Waals surface area contributed by atoms with Gasteiger partial charge in [0.05, 0.1) is 7.11 Å². The van der Waals surface area contributed by atoms with Crippen molar-refractivity contribution in [2.45, 2.75) is 25.7 Å². The molecule has 2 N–H and O–H groups in total. The molecule has 1 atom stereocenters. The fourth-order valence-electron chi connectivity index (χ4n) is 1.68. The fourth-order valence-corrected chi connectivity index (χ4v) is 1.68. The maximum absolute atomic E-state index is 12.1. The number of alkyl halides is 3. The van der Waals surface area contributed by atoms with Gasteiger partial charge in [0.1, 0.15) is 11.5 Å². The zero-order chi connectivity index (χ0) is 14.6. The zero-order valence-electron chi connectivity index (χ0n) is 10.8. The Morgan fingerprint density at radius 2 is 2.05 bits per heavy atom. The summed E-state index contributed by atoms with van der Waals surface area (Å²) < 4.78 is 45.2. The highest BCUT2D eigenvalue weighted by atomic mass is 19.4. The van der Waals surface area contributed by atoms with Crippen molar-refractivity contribution in [3.8, 4) is 11.5 Å². The molecule has 0 aromatic heterocycles. The Hall–Kier alpha value is -1.69. The maximum Gasteiger partial charge on any atom is 0.573 e. The van der Waals surface area contributed by atoms with E-state index in [1.54, 1.807) is 0 Å². The van der Waals surface area contributed by atoms with Gasteiger partial charge >= 0.3 is 6.36 Å². The van der Waals surface area contributed by atoms with Crippen molar-refractivity contribution < 1.29 is 22.6 Å². The molecule has 0 aliphatic heterocycles. The van der Waals surface area contributed by atoms with Crippen molar-refractivity contribution in [1.82, 2.24) is 0 Å². The van der Waals surface area contributed by atoms with Crippen molar-refractivity contribution in [1.29, 1.82) is 0 Å². The summed E-state index contributed by atoms with van der Waals surface area (Å²) in [6, 6.07) is 3.46. The Morgan fingerprint density at radius 3 is 2.53 bits per heavy atom. The fraction of sp³-hybridized carbons (Fsp3) is 0.385. The predicted octanol–water partition coefficient (Wildman–Crippen LogP) is 3.56.